The minimum absolute atomic E-state index is 0.132. The summed E-state index contributed by atoms with van der Waals surface area (Å²) in [6.07, 6.45) is 1.49. The molecule has 0 spiro atoms. The lowest BCUT2D eigenvalue weighted by Gasteiger charge is -2.23. The summed E-state index contributed by atoms with van der Waals surface area (Å²) in [5.41, 5.74) is 1.84. The number of hydrogen-bond donors (Lipinski definition) is 2. The molecular formula is C15H28N4O2. The van der Waals surface area contributed by atoms with Gasteiger partial charge in [-0.1, -0.05) is 0 Å². The Morgan fingerprint density at radius 3 is 2.52 bits per heavy atom. The van der Waals surface area contributed by atoms with Crippen LogP contribution in [0.1, 0.15) is 51.9 Å². The Bertz CT molecular complexity index is 477. The van der Waals surface area contributed by atoms with Gasteiger partial charge in [0.25, 0.3) is 0 Å². The van der Waals surface area contributed by atoms with Crippen LogP contribution in [0.5, 0.6) is 0 Å². The summed E-state index contributed by atoms with van der Waals surface area (Å²) in [4.78, 5) is 11.6. The number of hydrogen-bond acceptors (Lipinski definition) is 4. The predicted molar refractivity (Wildman–Crippen MR) is 83.2 cm³/mol. The van der Waals surface area contributed by atoms with Crippen LogP contribution in [0.2, 0.25) is 0 Å². The summed E-state index contributed by atoms with van der Waals surface area (Å²) in [5, 5.41) is 10.5. The minimum Gasteiger partial charge on any atom is -0.444 e. The van der Waals surface area contributed by atoms with E-state index < -0.39 is 5.60 Å². The number of nitrogens with zero attached hydrogens (tertiary/aromatic N) is 2. The van der Waals surface area contributed by atoms with Crippen LogP contribution in [0.15, 0.2) is 6.20 Å². The smallest absolute Gasteiger partial charge is 0.407 e. The quantitative estimate of drug-likeness (QED) is 0.875. The standard InChI is InChI=1S/C15H28N4O2/c1-10(8-16-14(20)21-15(4,5)6)18-11(2)13-9-17-19(7)12(13)3/h9-11,18H,8H2,1-7H3,(H,16,20). The van der Waals surface area contributed by atoms with Crippen molar-refractivity contribution in [2.75, 3.05) is 6.54 Å². The second-order valence-corrected chi connectivity index (χ2v) is 6.48. The maximum atomic E-state index is 11.6. The number of aromatic nitrogens is 2. The van der Waals surface area contributed by atoms with Crippen molar-refractivity contribution in [1.29, 1.82) is 0 Å². The van der Waals surface area contributed by atoms with E-state index in [4.69, 9.17) is 4.74 Å². The average Bonchev–Trinajstić information content (AvgIpc) is 2.65. The van der Waals surface area contributed by atoms with Crippen LogP contribution in [-0.2, 0) is 11.8 Å². The molecule has 0 bridgehead atoms. The molecule has 1 aromatic heterocycles. The number of aryl methyl sites for hydroxylation is 1. The molecule has 21 heavy (non-hydrogen) atoms. The van der Waals surface area contributed by atoms with Crippen molar-refractivity contribution in [3.8, 4) is 0 Å². The molecule has 0 saturated heterocycles. The van der Waals surface area contributed by atoms with Crippen LogP contribution in [-0.4, -0.2) is 34.1 Å². The summed E-state index contributed by atoms with van der Waals surface area (Å²) in [7, 11) is 1.93. The SMILES string of the molecule is Cc1c(C(C)NC(C)CNC(=O)OC(C)(C)C)cnn1C. The molecule has 0 saturated carbocycles. The van der Waals surface area contributed by atoms with Crippen molar-refractivity contribution >= 4 is 6.09 Å². The second kappa shape index (κ2) is 6.93. The lowest BCUT2D eigenvalue weighted by molar-refractivity contribution is 0.0522. The first-order chi connectivity index (χ1) is 9.60. The molecule has 0 aliphatic heterocycles. The Hall–Kier alpha value is -1.56. The lowest BCUT2D eigenvalue weighted by Crippen LogP contribution is -2.42. The molecule has 2 atom stereocenters. The third-order valence-electron chi connectivity index (χ3n) is 3.23. The predicted octanol–water partition coefficient (Wildman–Crippen LogP) is 2.29. The number of carbonyl (C=O) groups excluding carboxylic acids is 1. The molecule has 120 valence electrons. The van der Waals surface area contributed by atoms with Gasteiger partial charge in [0, 0.05) is 36.9 Å². The fraction of sp³-hybridized carbons (Fsp3) is 0.733. The molecule has 2 unspecified atom stereocenters. The van der Waals surface area contributed by atoms with E-state index in [0.717, 1.165) is 5.69 Å². The number of ether oxygens (including phenoxy) is 1. The van der Waals surface area contributed by atoms with E-state index in [1.165, 1.54) is 5.56 Å². The topological polar surface area (TPSA) is 68.2 Å². The number of alkyl carbamates (subject to hydrolysis) is 1. The van der Waals surface area contributed by atoms with E-state index >= 15 is 0 Å². The Balaban J connectivity index is 2.42. The summed E-state index contributed by atoms with van der Waals surface area (Å²) >= 11 is 0. The van der Waals surface area contributed by atoms with Gasteiger partial charge in [0.2, 0.25) is 0 Å². The van der Waals surface area contributed by atoms with Gasteiger partial charge in [-0.05, 0) is 41.5 Å². The Kier molecular flexibility index (Phi) is 5.78. The summed E-state index contributed by atoms with van der Waals surface area (Å²) < 4.78 is 7.07. The fourth-order valence-electron chi connectivity index (χ4n) is 2.07. The van der Waals surface area contributed by atoms with E-state index in [1.54, 1.807) is 0 Å². The Morgan fingerprint density at radius 2 is 2.05 bits per heavy atom. The van der Waals surface area contributed by atoms with Crippen LogP contribution < -0.4 is 10.6 Å². The largest absolute Gasteiger partial charge is 0.444 e. The molecule has 0 radical (unpaired) electrons. The van der Waals surface area contributed by atoms with Gasteiger partial charge >= 0.3 is 6.09 Å². The molecule has 0 aromatic carbocycles. The lowest BCUT2D eigenvalue weighted by atomic mass is 10.1. The zero-order valence-corrected chi connectivity index (χ0v) is 14.2. The molecule has 0 aliphatic rings. The third-order valence-corrected chi connectivity index (χ3v) is 3.23. The first kappa shape index (κ1) is 17.5. The molecule has 6 nitrogen and oxygen atoms in total. The highest BCUT2D eigenvalue weighted by atomic mass is 16.6. The maximum absolute atomic E-state index is 11.6. The van der Waals surface area contributed by atoms with Crippen LogP contribution in [0.4, 0.5) is 4.79 Å². The molecule has 1 amide bonds. The number of nitrogens with one attached hydrogen (secondary N) is 2. The van der Waals surface area contributed by atoms with E-state index in [1.807, 2.05) is 52.5 Å². The first-order valence-corrected chi connectivity index (χ1v) is 7.31. The zero-order valence-electron chi connectivity index (χ0n) is 14.2. The van der Waals surface area contributed by atoms with Gasteiger partial charge in [-0.2, -0.15) is 5.10 Å². The molecule has 0 fully saturated rings. The highest BCUT2D eigenvalue weighted by Crippen LogP contribution is 2.16. The monoisotopic (exact) mass is 296 g/mol. The van der Waals surface area contributed by atoms with E-state index in [9.17, 15) is 4.79 Å². The van der Waals surface area contributed by atoms with Gasteiger partial charge in [0.05, 0.1) is 6.20 Å². The highest BCUT2D eigenvalue weighted by Gasteiger charge is 2.18. The normalized spacial score (nSPS) is 14.6. The van der Waals surface area contributed by atoms with Gasteiger partial charge in [0.1, 0.15) is 5.60 Å². The van der Waals surface area contributed by atoms with Crippen molar-refractivity contribution in [2.45, 2.75) is 59.2 Å². The number of carbonyl (C=O) groups is 1. The Labute approximate surface area is 127 Å². The fourth-order valence-corrected chi connectivity index (χ4v) is 2.07. The van der Waals surface area contributed by atoms with E-state index in [0.29, 0.717) is 6.54 Å². The Morgan fingerprint density at radius 1 is 1.43 bits per heavy atom. The summed E-state index contributed by atoms with van der Waals surface area (Å²) in [6, 6.07) is 0.307. The van der Waals surface area contributed by atoms with Gasteiger partial charge < -0.3 is 15.4 Å². The molecule has 1 heterocycles. The maximum Gasteiger partial charge on any atom is 0.407 e. The third kappa shape index (κ3) is 5.75. The highest BCUT2D eigenvalue weighted by molar-refractivity contribution is 5.67. The summed E-state index contributed by atoms with van der Waals surface area (Å²) in [5.74, 6) is 0. The van der Waals surface area contributed by atoms with E-state index in [-0.39, 0.29) is 18.2 Å². The number of rotatable bonds is 5. The molecule has 1 aromatic rings. The van der Waals surface area contributed by atoms with Gasteiger partial charge in [-0.25, -0.2) is 4.79 Å². The van der Waals surface area contributed by atoms with Crippen molar-refractivity contribution in [3.63, 3.8) is 0 Å². The number of amides is 1. The van der Waals surface area contributed by atoms with Gasteiger partial charge in [-0.15, -0.1) is 0 Å². The molecule has 0 aliphatic carbocycles. The summed E-state index contributed by atoms with van der Waals surface area (Å²) in [6.45, 7) is 12.2. The first-order valence-electron chi connectivity index (χ1n) is 7.31. The second-order valence-electron chi connectivity index (χ2n) is 6.48. The van der Waals surface area contributed by atoms with Crippen molar-refractivity contribution in [2.24, 2.45) is 7.05 Å². The average molecular weight is 296 g/mol. The van der Waals surface area contributed by atoms with Crippen LogP contribution >= 0.6 is 0 Å². The minimum atomic E-state index is -0.471. The zero-order chi connectivity index (χ0) is 16.2. The van der Waals surface area contributed by atoms with Crippen LogP contribution in [0.3, 0.4) is 0 Å². The van der Waals surface area contributed by atoms with Crippen molar-refractivity contribution < 1.29 is 9.53 Å². The molecule has 6 heteroatoms. The molecular weight excluding hydrogens is 268 g/mol. The molecule has 2 N–H and O–H groups in total. The van der Waals surface area contributed by atoms with Crippen molar-refractivity contribution in [3.05, 3.63) is 17.5 Å². The van der Waals surface area contributed by atoms with Crippen LogP contribution in [0.25, 0.3) is 0 Å². The van der Waals surface area contributed by atoms with Gasteiger partial charge in [-0.3, -0.25) is 4.68 Å². The van der Waals surface area contributed by atoms with Crippen LogP contribution in [0, 0.1) is 6.92 Å². The van der Waals surface area contributed by atoms with Gasteiger partial charge in [0.15, 0.2) is 0 Å². The molecule has 1 rings (SSSR count). The van der Waals surface area contributed by atoms with Crippen molar-refractivity contribution in [1.82, 2.24) is 20.4 Å². The van der Waals surface area contributed by atoms with E-state index in [2.05, 4.69) is 22.7 Å².